The number of nitrogens with zero attached hydrogens (tertiary/aromatic N) is 3. The largest absolute Gasteiger partial charge is 0.351 e. The van der Waals surface area contributed by atoms with Gasteiger partial charge in [0.05, 0.1) is 5.75 Å². The first-order valence-corrected chi connectivity index (χ1v) is 8.29. The molecule has 0 aliphatic rings. The van der Waals surface area contributed by atoms with E-state index >= 15 is 0 Å². The van der Waals surface area contributed by atoms with Gasteiger partial charge in [-0.3, -0.25) is 4.79 Å². The lowest BCUT2D eigenvalue weighted by molar-refractivity contribution is -0.118. The summed E-state index contributed by atoms with van der Waals surface area (Å²) in [5, 5.41) is 11.7. The first-order chi connectivity index (χ1) is 11.1. The maximum absolute atomic E-state index is 12.8. The van der Waals surface area contributed by atoms with Gasteiger partial charge in [0.15, 0.2) is 5.16 Å². The Balaban J connectivity index is 1.85. The molecule has 0 spiro atoms. The molecule has 1 aromatic carbocycles. The summed E-state index contributed by atoms with van der Waals surface area (Å²) < 4.78 is 14.8. The van der Waals surface area contributed by atoms with Gasteiger partial charge >= 0.3 is 0 Å². The lowest BCUT2D eigenvalue weighted by Gasteiger charge is -2.07. The van der Waals surface area contributed by atoms with Crippen LogP contribution in [0.4, 0.5) is 4.39 Å². The molecular formula is C16H19FN4OS. The Kier molecular flexibility index (Phi) is 6.34. The van der Waals surface area contributed by atoms with E-state index in [4.69, 9.17) is 0 Å². The van der Waals surface area contributed by atoms with Crippen molar-refractivity contribution in [3.8, 4) is 0 Å². The van der Waals surface area contributed by atoms with Gasteiger partial charge in [0, 0.05) is 19.5 Å². The van der Waals surface area contributed by atoms with E-state index in [0.29, 0.717) is 18.2 Å². The van der Waals surface area contributed by atoms with Gasteiger partial charge in [0.25, 0.3) is 0 Å². The lowest BCUT2D eigenvalue weighted by atomic mass is 10.2. The van der Waals surface area contributed by atoms with Gasteiger partial charge in [-0.1, -0.05) is 36.9 Å². The molecule has 0 saturated carbocycles. The Hall–Kier alpha value is -2.15. The summed E-state index contributed by atoms with van der Waals surface area (Å²) in [6.07, 6.45) is 2.55. The first-order valence-electron chi connectivity index (χ1n) is 7.31. The standard InChI is InChI=1S/C16H19FN4OS/c1-3-9-21-14(4-2)19-20-16(21)23-11-15(22)18-10-12-5-7-13(17)8-6-12/h3,5-8H,1,4,9-11H2,2H3,(H,18,22). The van der Waals surface area contributed by atoms with Gasteiger partial charge in [-0.25, -0.2) is 4.39 Å². The van der Waals surface area contributed by atoms with Crippen molar-refractivity contribution in [3.63, 3.8) is 0 Å². The van der Waals surface area contributed by atoms with Crippen molar-refractivity contribution >= 4 is 17.7 Å². The Morgan fingerprint density at radius 1 is 1.39 bits per heavy atom. The summed E-state index contributed by atoms with van der Waals surface area (Å²) >= 11 is 1.34. The molecule has 1 heterocycles. The van der Waals surface area contributed by atoms with Crippen LogP contribution in [0.25, 0.3) is 0 Å². The molecule has 1 aromatic heterocycles. The van der Waals surface area contributed by atoms with Crippen molar-refractivity contribution in [1.82, 2.24) is 20.1 Å². The smallest absolute Gasteiger partial charge is 0.230 e. The van der Waals surface area contributed by atoms with Crippen molar-refractivity contribution in [2.24, 2.45) is 0 Å². The van der Waals surface area contributed by atoms with Crippen LogP contribution in [-0.4, -0.2) is 26.4 Å². The minimum Gasteiger partial charge on any atom is -0.351 e. The predicted octanol–water partition coefficient (Wildman–Crippen LogP) is 2.57. The maximum atomic E-state index is 12.8. The first kappa shape index (κ1) is 17.2. The second-order valence-electron chi connectivity index (χ2n) is 4.84. The number of allylic oxidation sites excluding steroid dienone is 1. The molecular weight excluding hydrogens is 315 g/mol. The summed E-state index contributed by atoms with van der Waals surface area (Å²) in [4.78, 5) is 11.9. The number of halogens is 1. The summed E-state index contributed by atoms with van der Waals surface area (Å²) in [6.45, 7) is 6.73. The van der Waals surface area contributed by atoms with Crippen molar-refractivity contribution in [1.29, 1.82) is 0 Å². The second kappa shape index (κ2) is 8.47. The quantitative estimate of drug-likeness (QED) is 0.595. The Bertz CT molecular complexity index is 669. The minimum absolute atomic E-state index is 0.106. The van der Waals surface area contributed by atoms with Crippen LogP contribution in [0.3, 0.4) is 0 Å². The van der Waals surface area contributed by atoms with Crippen LogP contribution in [0.1, 0.15) is 18.3 Å². The zero-order chi connectivity index (χ0) is 16.7. The molecule has 0 bridgehead atoms. The lowest BCUT2D eigenvalue weighted by Crippen LogP contribution is -2.24. The molecule has 2 aromatic rings. The zero-order valence-corrected chi connectivity index (χ0v) is 13.8. The van der Waals surface area contributed by atoms with Crippen LogP contribution in [-0.2, 0) is 24.3 Å². The number of benzene rings is 1. The number of aromatic nitrogens is 3. The maximum Gasteiger partial charge on any atom is 0.230 e. The van der Waals surface area contributed by atoms with Gasteiger partial charge in [-0.05, 0) is 17.7 Å². The van der Waals surface area contributed by atoms with Crippen LogP contribution < -0.4 is 5.32 Å². The molecule has 23 heavy (non-hydrogen) atoms. The number of hydrogen-bond acceptors (Lipinski definition) is 4. The average Bonchev–Trinajstić information content (AvgIpc) is 2.95. The average molecular weight is 334 g/mol. The number of carbonyl (C=O) groups excluding carboxylic acids is 1. The molecule has 0 aliphatic carbocycles. The van der Waals surface area contributed by atoms with Gasteiger partial charge in [0.1, 0.15) is 11.6 Å². The van der Waals surface area contributed by atoms with Crippen LogP contribution >= 0.6 is 11.8 Å². The third-order valence-corrected chi connectivity index (χ3v) is 4.12. The van der Waals surface area contributed by atoms with Crippen LogP contribution in [0.15, 0.2) is 42.1 Å². The zero-order valence-electron chi connectivity index (χ0n) is 13.0. The molecule has 0 saturated heterocycles. The monoisotopic (exact) mass is 334 g/mol. The summed E-state index contributed by atoms with van der Waals surface area (Å²) in [6, 6.07) is 6.05. The van der Waals surface area contributed by atoms with Gasteiger partial charge in [-0.2, -0.15) is 0 Å². The molecule has 0 radical (unpaired) electrons. The van der Waals surface area contributed by atoms with Crippen LogP contribution in [0.2, 0.25) is 0 Å². The van der Waals surface area contributed by atoms with E-state index in [0.717, 1.165) is 17.8 Å². The van der Waals surface area contributed by atoms with E-state index in [2.05, 4.69) is 22.1 Å². The second-order valence-corrected chi connectivity index (χ2v) is 5.79. The van der Waals surface area contributed by atoms with E-state index in [9.17, 15) is 9.18 Å². The predicted molar refractivity (Wildman–Crippen MR) is 88.6 cm³/mol. The minimum atomic E-state index is -0.288. The van der Waals surface area contributed by atoms with E-state index in [1.165, 1.54) is 23.9 Å². The van der Waals surface area contributed by atoms with Crippen molar-refractivity contribution in [2.45, 2.75) is 31.6 Å². The summed E-state index contributed by atoms with van der Waals surface area (Å²) in [5.74, 6) is 0.730. The molecule has 2 rings (SSSR count). The fourth-order valence-corrected chi connectivity index (χ4v) is 2.78. The van der Waals surface area contributed by atoms with Gasteiger partial charge in [0.2, 0.25) is 5.91 Å². The fourth-order valence-electron chi connectivity index (χ4n) is 1.98. The molecule has 122 valence electrons. The highest BCUT2D eigenvalue weighted by atomic mass is 32.2. The molecule has 0 atom stereocenters. The van der Waals surface area contributed by atoms with Gasteiger partial charge in [-0.15, -0.1) is 16.8 Å². The molecule has 0 fully saturated rings. The third-order valence-electron chi connectivity index (χ3n) is 3.16. The molecule has 1 N–H and O–H groups in total. The van der Waals surface area contributed by atoms with E-state index < -0.39 is 0 Å². The molecule has 1 amide bonds. The number of thioether (sulfide) groups is 1. The highest BCUT2D eigenvalue weighted by Gasteiger charge is 2.12. The fraction of sp³-hybridized carbons (Fsp3) is 0.312. The van der Waals surface area contributed by atoms with E-state index in [-0.39, 0.29) is 17.5 Å². The molecule has 7 heteroatoms. The number of hydrogen-bond donors (Lipinski definition) is 1. The van der Waals surface area contributed by atoms with E-state index in [1.807, 2.05) is 11.5 Å². The van der Waals surface area contributed by atoms with Crippen molar-refractivity contribution < 1.29 is 9.18 Å². The normalized spacial score (nSPS) is 10.5. The number of carbonyl (C=O) groups is 1. The third kappa shape index (κ3) is 4.92. The summed E-state index contributed by atoms with van der Waals surface area (Å²) in [7, 11) is 0. The molecule has 0 unspecified atom stereocenters. The number of nitrogens with one attached hydrogen (secondary N) is 1. The Labute approximate surface area is 139 Å². The molecule has 0 aliphatic heterocycles. The summed E-state index contributed by atoms with van der Waals surface area (Å²) in [5.41, 5.74) is 0.854. The number of aryl methyl sites for hydroxylation is 1. The Morgan fingerprint density at radius 2 is 2.13 bits per heavy atom. The van der Waals surface area contributed by atoms with Crippen LogP contribution in [0, 0.1) is 5.82 Å². The number of rotatable bonds is 8. The molecule has 5 nitrogen and oxygen atoms in total. The highest BCUT2D eigenvalue weighted by molar-refractivity contribution is 7.99. The van der Waals surface area contributed by atoms with Crippen molar-refractivity contribution in [3.05, 3.63) is 54.1 Å². The topological polar surface area (TPSA) is 59.8 Å². The van der Waals surface area contributed by atoms with E-state index in [1.54, 1.807) is 18.2 Å². The van der Waals surface area contributed by atoms with Crippen molar-refractivity contribution in [2.75, 3.05) is 5.75 Å². The highest BCUT2D eigenvalue weighted by Crippen LogP contribution is 2.17. The number of amides is 1. The SMILES string of the molecule is C=CCn1c(CC)nnc1SCC(=O)NCc1ccc(F)cc1. The van der Waals surface area contributed by atoms with Crippen LogP contribution in [0.5, 0.6) is 0 Å². The Morgan fingerprint density at radius 3 is 2.78 bits per heavy atom. The van der Waals surface area contributed by atoms with Gasteiger partial charge < -0.3 is 9.88 Å².